The number of benzene rings is 1. The summed E-state index contributed by atoms with van der Waals surface area (Å²) >= 11 is 0. The van der Waals surface area contributed by atoms with Crippen molar-refractivity contribution in [1.29, 1.82) is 0 Å². The second kappa shape index (κ2) is 7.38. The zero-order valence-electron chi connectivity index (χ0n) is 11.8. The third kappa shape index (κ3) is 3.92. The van der Waals surface area contributed by atoms with Gasteiger partial charge in [-0.15, -0.1) is 12.4 Å². The van der Waals surface area contributed by atoms with Gasteiger partial charge in [0.05, 0.1) is 5.56 Å². The van der Waals surface area contributed by atoms with Crippen LogP contribution in [0.25, 0.3) is 0 Å². The Hall–Kier alpha value is -1.66. The molecule has 5 nitrogen and oxygen atoms in total. The number of nitrogens with two attached hydrogens (primary N) is 1. The number of nitrogens with zero attached hydrogens (tertiary/aromatic N) is 1. The molecule has 1 saturated heterocycles. The summed E-state index contributed by atoms with van der Waals surface area (Å²) < 4.78 is 13.9. The lowest BCUT2D eigenvalue weighted by molar-refractivity contribution is -0.114. The van der Waals surface area contributed by atoms with Gasteiger partial charge in [0.2, 0.25) is 5.91 Å². The number of rotatable bonds is 3. The first-order valence-electron chi connectivity index (χ1n) is 6.61. The number of halogens is 2. The van der Waals surface area contributed by atoms with Crippen LogP contribution in [-0.2, 0) is 4.79 Å². The van der Waals surface area contributed by atoms with E-state index in [0.29, 0.717) is 18.8 Å². The van der Waals surface area contributed by atoms with E-state index in [2.05, 4.69) is 5.32 Å². The van der Waals surface area contributed by atoms with E-state index in [0.717, 1.165) is 12.8 Å². The average Bonchev–Trinajstić information content (AvgIpc) is 2.88. The lowest BCUT2D eigenvalue weighted by Gasteiger charge is -2.23. The zero-order chi connectivity index (χ0) is 14.7. The largest absolute Gasteiger partial charge is 0.334 e. The van der Waals surface area contributed by atoms with Crippen LogP contribution in [0.1, 0.15) is 30.1 Å². The van der Waals surface area contributed by atoms with Gasteiger partial charge < -0.3 is 16.0 Å². The van der Waals surface area contributed by atoms with E-state index in [9.17, 15) is 14.0 Å². The highest BCUT2D eigenvalue weighted by Crippen LogP contribution is 2.22. The topological polar surface area (TPSA) is 75.4 Å². The van der Waals surface area contributed by atoms with E-state index in [1.807, 2.05) is 0 Å². The van der Waals surface area contributed by atoms with Gasteiger partial charge in [0.15, 0.2) is 0 Å². The Morgan fingerprint density at radius 1 is 1.48 bits per heavy atom. The molecule has 0 aliphatic carbocycles. The number of hydrogen-bond donors (Lipinski definition) is 2. The summed E-state index contributed by atoms with van der Waals surface area (Å²) in [6.07, 6.45) is 1.72. The number of carbonyl (C=O) groups is 2. The molecule has 0 saturated carbocycles. The highest BCUT2D eigenvalue weighted by molar-refractivity contribution is 5.97. The molecule has 0 bridgehead atoms. The van der Waals surface area contributed by atoms with Crippen LogP contribution in [0.5, 0.6) is 0 Å². The molecule has 7 heteroatoms. The van der Waals surface area contributed by atoms with Crippen LogP contribution in [0.3, 0.4) is 0 Å². The SMILES string of the molecule is CC(=O)Nc1ccc(F)c(C(=O)N2CCCC2CN)c1.Cl. The minimum atomic E-state index is -0.591. The minimum Gasteiger partial charge on any atom is -0.334 e. The summed E-state index contributed by atoms with van der Waals surface area (Å²) in [5.41, 5.74) is 6.01. The number of anilines is 1. The van der Waals surface area contributed by atoms with Crippen molar-refractivity contribution in [3.63, 3.8) is 0 Å². The average molecular weight is 316 g/mol. The summed E-state index contributed by atoms with van der Waals surface area (Å²) in [4.78, 5) is 25.0. The maximum atomic E-state index is 13.9. The van der Waals surface area contributed by atoms with Crippen molar-refractivity contribution in [1.82, 2.24) is 4.90 Å². The molecule has 0 aromatic heterocycles. The molecule has 1 atom stereocenters. The van der Waals surface area contributed by atoms with E-state index >= 15 is 0 Å². The first-order valence-corrected chi connectivity index (χ1v) is 6.61. The smallest absolute Gasteiger partial charge is 0.257 e. The molecule has 1 aromatic carbocycles. The van der Waals surface area contributed by atoms with Gasteiger partial charge in [-0.25, -0.2) is 4.39 Å². The first kappa shape index (κ1) is 17.4. The quantitative estimate of drug-likeness (QED) is 0.892. The summed E-state index contributed by atoms with van der Waals surface area (Å²) in [6.45, 7) is 2.32. The van der Waals surface area contributed by atoms with Gasteiger partial charge in [-0.1, -0.05) is 0 Å². The fraction of sp³-hybridized carbons (Fsp3) is 0.429. The monoisotopic (exact) mass is 315 g/mol. The number of nitrogens with one attached hydrogen (secondary N) is 1. The van der Waals surface area contributed by atoms with Gasteiger partial charge in [0.1, 0.15) is 5.82 Å². The van der Waals surface area contributed by atoms with Crippen LogP contribution in [0.2, 0.25) is 0 Å². The second-order valence-corrected chi connectivity index (χ2v) is 4.91. The van der Waals surface area contributed by atoms with E-state index in [1.165, 1.54) is 25.1 Å². The molecule has 1 aliphatic rings. The highest BCUT2D eigenvalue weighted by Gasteiger charge is 2.29. The highest BCUT2D eigenvalue weighted by atomic mass is 35.5. The van der Waals surface area contributed by atoms with Gasteiger partial charge in [-0.05, 0) is 31.0 Å². The predicted octanol–water partition coefficient (Wildman–Crippen LogP) is 1.77. The van der Waals surface area contributed by atoms with Crippen LogP contribution < -0.4 is 11.1 Å². The normalized spacial score (nSPS) is 17.3. The molecule has 116 valence electrons. The Morgan fingerprint density at radius 2 is 2.19 bits per heavy atom. The molecule has 1 aromatic rings. The Labute approximate surface area is 129 Å². The molecular formula is C14H19ClFN3O2. The molecule has 1 aliphatic heterocycles. The van der Waals surface area contributed by atoms with E-state index in [-0.39, 0.29) is 35.8 Å². The number of carbonyl (C=O) groups excluding carboxylic acids is 2. The number of likely N-dealkylation sites (tertiary alicyclic amines) is 1. The van der Waals surface area contributed by atoms with Crippen LogP contribution in [-0.4, -0.2) is 35.8 Å². The first-order chi connectivity index (χ1) is 9.52. The summed E-state index contributed by atoms with van der Waals surface area (Å²) in [5.74, 6) is -1.23. The molecule has 3 N–H and O–H groups in total. The van der Waals surface area contributed by atoms with Gasteiger partial charge in [0, 0.05) is 31.7 Å². The number of amides is 2. The van der Waals surface area contributed by atoms with Crippen molar-refractivity contribution in [2.24, 2.45) is 5.73 Å². The molecular weight excluding hydrogens is 297 g/mol. The Balaban J connectivity index is 0.00000220. The molecule has 21 heavy (non-hydrogen) atoms. The molecule has 1 heterocycles. The Bertz CT molecular complexity index is 539. The zero-order valence-corrected chi connectivity index (χ0v) is 12.6. The van der Waals surface area contributed by atoms with Crippen LogP contribution >= 0.6 is 12.4 Å². The lowest BCUT2D eigenvalue weighted by Crippen LogP contribution is -2.40. The van der Waals surface area contributed by atoms with Crippen molar-refractivity contribution in [3.05, 3.63) is 29.6 Å². The van der Waals surface area contributed by atoms with Crippen molar-refractivity contribution >= 4 is 29.9 Å². The van der Waals surface area contributed by atoms with Crippen LogP contribution in [0, 0.1) is 5.82 Å². The molecule has 1 fully saturated rings. The second-order valence-electron chi connectivity index (χ2n) is 4.91. The van der Waals surface area contributed by atoms with Crippen LogP contribution in [0.4, 0.5) is 10.1 Å². The molecule has 0 spiro atoms. The molecule has 1 unspecified atom stereocenters. The van der Waals surface area contributed by atoms with E-state index < -0.39 is 5.82 Å². The van der Waals surface area contributed by atoms with Gasteiger partial charge >= 0.3 is 0 Å². The van der Waals surface area contributed by atoms with Gasteiger partial charge in [0.25, 0.3) is 5.91 Å². The third-order valence-electron chi connectivity index (χ3n) is 3.43. The maximum absolute atomic E-state index is 13.9. The summed E-state index contributed by atoms with van der Waals surface area (Å²) in [5, 5.41) is 2.54. The fourth-order valence-corrected chi connectivity index (χ4v) is 2.47. The fourth-order valence-electron chi connectivity index (χ4n) is 2.47. The van der Waals surface area contributed by atoms with Crippen molar-refractivity contribution in [3.8, 4) is 0 Å². The van der Waals surface area contributed by atoms with Crippen molar-refractivity contribution in [2.75, 3.05) is 18.4 Å². The Kier molecular flexibility index (Phi) is 6.11. The van der Waals surface area contributed by atoms with Crippen LogP contribution in [0.15, 0.2) is 18.2 Å². The van der Waals surface area contributed by atoms with E-state index in [1.54, 1.807) is 4.90 Å². The Morgan fingerprint density at radius 3 is 2.81 bits per heavy atom. The number of hydrogen-bond acceptors (Lipinski definition) is 3. The van der Waals surface area contributed by atoms with Crippen molar-refractivity contribution < 1.29 is 14.0 Å². The van der Waals surface area contributed by atoms with Gasteiger partial charge in [-0.3, -0.25) is 9.59 Å². The molecule has 2 rings (SSSR count). The predicted molar refractivity (Wildman–Crippen MR) is 81.1 cm³/mol. The van der Waals surface area contributed by atoms with Gasteiger partial charge in [-0.2, -0.15) is 0 Å². The van der Waals surface area contributed by atoms with E-state index in [4.69, 9.17) is 5.73 Å². The summed E-state index contributed by atoms with van der Waals surface area (Å²) in [6, 6.07) is 3.95. The summed E-state index contributed by atoms with van der Waals surface area (Å²) in [7, 11) is 0. The lowest BCUT2D eigenvalue weighted by atomic mass is 10.1. The van der Waals surface area contributed by atoms with Crippen molar-refractivity contribution in [2.45, 2.75) is 25.8 Å². The standard InChI is InChI=1S/C14H18FN3O2.ClH/c1-9(19)17-10-4-5-13(15)12(7-10)14(20)18-6-2-3-11(18)8-16;/h4-5,7,11H,2-3,6,8,16H2,1H3,(H,17,19);1H. The third-order valence-corrected chi connectivity index (χ3v) is 3.43. The molecule has 0 radical (unpaired) electrons. The maximum Gasteiger partial charge on any atom is 0.257 e. The molecule has 2 amide bonds. The minimum absolute atomic E-state index is 0.